The molecule has 0 heterocycles. The molecule has 1 amide bonds. The fourth-order valence-electron chi connectivity index (χ4n) is 1.36. The molecular formula is C10H10N4O6S. The number of amides is 1. The third-order valence-corrected chi connectivity index (χ3v) is 3.07. The Hall–Kier alpha value is -2.62. The smallest absolute Gasteiger partial charge is 0.305 e. The van der Waals surface area contributed by atoms with Gasteiger partial charge in [0.2, 0.25) is 0 Å². The van der Waals surface area contributed by atoms with Crippen LogP contribution >= 0.6 is 0 Å². The molecule has 0 aliphatic rings. The molecule has 10 nitrogen and oxygen atoms in total. The first-order valence-electron chi connectivity index (χ1n) is 5.41. The van der Waals surface area contributed by atoms with Crippen LogP contribution in [0.1, 0.15) is 16.8 Å². The minimum atomic E-state index is -4.59. The number of benzene rings is 1. The number of hydrogen-bond acceptors (Lipinski definition) is 5. The first-order chi connectivity index (χ1) is 9.74. The summed E-state index contributed by atoms with van der Waals surface area (Å²) in [6.07, 6.45) is -0.313. The molecule has 0 saturated carbocycles. The van der Waals surface area contributed by atoms with Crippen molar-refractivity contribution in [1.82, 2.24) is 5.32 Å². The third-order valence-electron chi connectivity index (χ3n) is 2.24. The first kappa shape index (κ1) is 16.4. The number of rotatable bonds is 6. The molecule has 0 spiro atoms. The molecule has 112 valence electrons. The molecule has 0 aliphatic heterocycles. The second-order valence-corrected chi connectivity index (χ2v) is 5.20. The van der Waals surface area contributed by atoms with Gasteiger partial charge < -0.3 is 10.4 Å². The Morgan fingerprint density at radius 1 is 1.33 bits per heavy atom. The van der Waals surface area contributed by atoms with Gasteiger partial charge in [0.25, 0.3) is 16.0 Å². The van der Waals surface area contributed by atoms with Crippen LogP contribution in [0.5, 0.6) is 0 Å². The zero-order chi connectivity index (χ0) is 16.0. The second-order valence-electron chi connectivity index (χ2n) is 3.78. The van der Waals surface area contributed by atoms with Gasteiger partial charge in [0, 0.05) is 22.7 Å². The maximum absolute atomic E-state index is 11.7. The van der Waals surface area contributed by atoms with Crippen molar-refractivity contribution in [2.75, 3.05) is 6.54 Å². The highest BCUT2D eigenvalue weighted by atomic mass is 32.2. The molecular weight excluding hydrogens is 304 g/mol. The molecule has 0 radical (unpaired) electrons. The van der Waals surface area contributed by atoms with Gasteiger partial charge in [0.15, 0.2) is 0 Å². The lowest BCUT2D eigenvalue weighted by Gasteiger charge is -2.06. The molecule has 1 aromatic rings. The fraction of sp³-hybridized carbons (Fsp3) is 0.200. The van der Waals surface area contributed by atoms with Gasteiger partial charge in [-0.15, -0.1) is 0 Å². The topological polar surface area (TPSA) is 170 Å². The summed E-state index contributed by atoms with van der Waals surface area (Å²) in [4.78, 5) is 23.9. The fourth-order valence-corrected chi connectivity index (χ4v) is 1.90. The first-order valence-corrected chi connectivity index (χ1v) is 6.85. The van der Waals surface area contributed by atoms with Crippen molar-refractivity contribution in [3.63, 3.8) is 0 Å². The van der Waals surface area contributed by atoms with Gasteiger partial charge in [0.1, 0.15) is 0 Å². The van der Waals surface area contributed by atoms with Crippen LogP contribution in [0.2, 0.25) is 0 Å². The molecule has 0 bridgehead atoms. The summed E-state index contributed by atoms with van der Waals surface area (Å²) in [6, 6.07) is 2.87. The Morgan fingerprint density at radius 3 is 2.52 bits per heavy atom. The molecule has 0 fully saturated rings. The minimum absolute atomic E-state index is 0.166. The van der Waals surface area contributed by atoms with Crippen LogP contribution in [0, 0.1) is 0 Å². The van der Waals surface area contributed by atoms with Crippen LogP contribution in [0.25, 0.3) is 10.4 Å². The number of nitrogens with one attached hydrogen (secondary N) is 1. The molecule has 11 heteroatoms. The van der Waals surface area contributed by atoms with Gasteiger partial charge in [-0.1, -0.05) is 5.11 Å². The van der Waals surface area contributed by atoms with E-state index in [0.29, 0.717) is 0 Å². The largest absolute Gasteiger partial charge is 0.481 e. The predicted molar refractivity (Wildman–Crippen MR) is 69.6 cm³/mol. The average molecular weight is 314 g/mol. The molecule has 0 aromatic heterocycles. The number of aliphatic carboxylic acids is 1. The van der Waals surface area contributed by atoms with Crippen LogP contribution < -0.4 is 5.32 Å². The van der Waals surface area contributed by atoms with Crippen molar-refractivity contribution in [1.29, 1.82) is 0 Å². The van der Waals surface area contributed by atoms with Crippen LogP contribution in [-0.2, 0) is 14.9 Å². The van der Waals surface area contributed by atoms with E-state index in [1.165, 1.54) is 0 Å². The average Bonchev–Trinajstić information content (AvgIpc) is 2.37. The highest BCUT2D eigenvalue weighted by Crippen LogP contribution is 2.21. The van der Waals surface area contributed by atoms with Gasteiger partial charge in [-0.2, -0.15) is 8.42 Å². The molecule has 1 aromatic carbocycles. The van der Waals surface area contributed by atoms with Gasteiger partial charge in [0.05, 0.1) is 11.3 Å². The van der Waals surface area contributed by atoms with Crippen LogP contribution in [-0.4, -0.2) is 36.5 Å². The van der Waals surface area contributed by atoms with Crippen molar-refractivity contribution in [2.24, 2.45) is 5.11 Å². The zero-order valence-corrected chi connectivity index (χ0v) is 11.2. The van der Waals surface area contributed by atoms with Crippen molar-refractivity contribution in [3.05, 3.63) is 34.2 Å². The van der Waals surface area contributed by atoms with Crippen molar-refractivity contribution < 1.29 is 27.7 Å². The lowest BCUT2D eigenvalue weighted by molar-refractivity contribution is -0.136. The molecule has 3 N–H and O–H groups in total. The predicted octanol–water partition coefficient (Wildman–Crippen LogP) is 1.08. The van der Waals surface area contributed by atoms with E-state index in [0.717, 1.165) is 18.2 Å². The van der Waals surface area contributed by atoms with Crippen LogP contribution in [0.15, 0.2) is 28.2 Å². The Morgan fingerprint density at radius 2 is 2.00 bits per heavy atom. The van der Waals surface area contributed by atoms with Crippen LogP contribution in [0.4, 0.5) is 5.69 Å². The molecule has 1 rings (SSSR count). The number of carbonyl (C=O) groups excluding carboxylic acids is 1. The number of nitrogens with zero attached hydrogens (tertiary/aromatic N) is 3. The number of carboxylic acid groups (broad SMARTS) is 1. The van der Waals surface area contributed by atoms with E-state index in [4.69, 9.17) is 15.2 Å². The Labute approximate surface area is 118 Å². The Bertz CT molecular complexity index is 723. The highest BCUT2D eigenvalue weighted by molar-refractivity contribution is 7.85. The van der Waals surface area contributed by atoms with Gasteiger partial charge in [-0.05, 0) is 23.7 Å². The SMILES string of the molecule is [N-]=[N+]=Nc1cc(C(=O)NCCC(=O)O)cc(S(=O)(=O)O)c1. The van der Waals surface area contributed by atoms with E-state index in [1.54, 1.807) is 0 Å². The Kier molecular flexibility index (Phi) is 5.24. The second kappa shape index (κ2) is 6.70. The molecule has 21 heavy (non-hydrogen) atoms. The lowest BCUT2D eigenvalue weighted by atomic mass is 10.2. The van der Waals surface area contributed by atoms with E-state index in [9.17, 15) is 18.0 Å². The van der Waals surface area contributed by atoms with Crippen molar-refractivity contribution in [2.45, 2.75) is 11.3 Å². The van der Waals surface area contributed by atoms with Crippen molar-refractivity contribution in [3.8, 4) is 0 Å². The highest BCUT2D eigenvalue weighted by Gasteiger charge is 2.15. The standard InChI is InChI=1S/C10H10N4O6S/c11-14-13-7-3-6(4-8(5-7)21(18,19)20)10(17)12-2-1-9(15)16/h3-5H,1-2H2,(H,12,17)(H,15,16)(H,18,19,20). The van der Waals surface area contributed by atoms with Gasteiger partial charge >= 0.3 is 5.97 Å². The number of carboxylic acids is 1. The van der Waals surface area contributed by atoms with Crippen molar-refractivity contribution >= 4 is 27.7 Å². The maximum Gasteiger partial charge on any atom is 0.305 e. The van der Waals surface area contributed by atoms with E-state index in [-0.39, 0.29) is 24.2 Å². The summed E-state index contributed by atoms with van der Waals surface area (Å²) in [6.45, 7) is -0.166. The number of azide groups is 1. The molecule has 0 saturated heterocycles. The maximum atomic E-state index is 11.7. The monoisotopic (exact) mass is 314 g/mol. The normalized spacial score (nSPS) is 10.5. The molecule has 0 aliphatic carbocycles. The lowest BCUT2D eigenvalue weighted by Crippen LogP contribution is -2.26. The van der Waals surface area contributed by atoms with E-state index >= 15 is 0 Å². The van der Waals surface area contributed by atoms with E-state index < -0.39 is 26.9 Å². The summed E-state index contributed by atoms with van der Waals surface area (Å²) in [5.74, 6) is -1.88. The minimum Gasteiger partial charge on any atom is -0.481 e. The quantitative estimate of drug-likeness (QED) is 0.307. The van der Waals surface area contributed by atoms with Gasteiger partial charge in [-0.3, -0.25) is 14.1 Å². The van der Waals surface area contributed by atoms with Crippen LogP contribution in [0.3, 0.4) is 0 Å². The summed E-state index contributed by atoms with van der Waals surface area (Å²) < 4.78 is 31.1. The van der Waals surface area contributed by atoms with E-state index in [1.807, 2.05) is 0 Å². The summed E-state index contributed by atoms with van der Waals surface area (Å²) >= 11 is 0. The summed E-state index contributed by atoms with van der Waals surface area (Å²) in [7, 11) is -4.59. The number of hydrogen-bond donors (Lipinski definition) is 3. The summed E-state index contributed by atoms with van der Waals surface area (Å²) in [5, 5.41) is 13.9. The number of carbonyl (C=O) groups is 2. The van der Waals surface area contributed by atoms with E-state index in [2.05, 4.69) is 15.3 Å². The zero-order valence-electron chi connectivity index (χ0n) is 10.4. The summed E-state index contributed by atoms with van der Waals surface area (Å²) in [5.41, 5.74) is 7.95. The molecule has 0 atom stereocenters. The Balaban J connectivity index is 3.11. The van der Waals surface area contributed by atoms with Gasteiger partial charge in [-0.25, -0.2) is 0 Å². The third kappa shape index (κ3) is 5.10. The molecule has 0 unspecified atom stereocenters.